The van der Waals surface area contributed by atoms with Crippen molar-refractivity contribution in [2.75, 3.05) is 26.3 Å². The summed E-state index contributed by atoms with van der Waals surface area (Å²) in [4.78, 5) is 36.6. The maximum atomic E-state index is 13.8. The number of hydrogen-bond donors (Lipinski definition) is 0. The van der Waals surface area contributed by atoms with Crippen LogP contribution < -0.4 is 0 Å². The van der Waals surface area contributed by atoms with Crippen LogP contribution in [-0.4, -0.2) is 91.0 Å². The summed E-state index contributed by atoms with van der Waals surface area (Å²) in [6.07, 6.45) is 6.14. The zero-order valence-corrected chi connectivity index (χ0v) is 26.6. The molecule has 1 aromatic rings. The zero-order chi connectivity index (χ0) is 29.4. The fraction of sp³-hybridized carbons (Fsp3) is 0.710. The number of ether oxygens (including phenoxy) is 1. The van der Waals surface area contributed by atoms with Crippen molar-refractivity contribution in [3.8, 4) is 0 Å². The molecule has 4 aliphatic rings. The first-order valence-corrected chi connectivity index (χ1v) is 15.6. The van der Waals surface area contributed by atoms with E-state index in [1.165, 1.54) is 24.4 Å². The van der Waals surface area contributed by atoms with Crippen molar-refractivity contribution in [3.63, 3.8) is 0 Å². The molecule has 3 saturated heterocycles. The van der Waals surface area contributed by atoms with Crippen molar-refractivity contribution in [3.05, 3.63) is 34.5 Å². The SMILES string of the molecule is C=C(/C=C\c1c(C(=O)N2CN3CCC34CC(C)C24)nsc1C)N1CC(N(CC)C(=O)OC(C)(C)C)C1(C)C(C)C. The number of likely N-dealkylation sites (N-methyl/N-ethyl adjacent to an activating group) is 1. The van der Waals surface area contributed by atoms with Crippen LogP contribution in [0.2, 0.25) is 0 Å². The fourth-order valence-corrected chi connectivity index (χ4v) is 8.31. The molecule has 40 heavy (non-hydrogen) atoms. The van der Waals surface area contributed by atoms with Gasteiger partial charge < -0.3 is 19.4 Å². The van der Waals surface area contributed by atoms with Gasteiger partial charge in [-0.3, -0.25) is 9.69 Å². The molecule has 5 atom stereocenters. The lowest BCUT2D eigenvalue weighted by Gasteiger charge is -2.63. The Labute approximate surface area is 244 Å². The lowest BCUT2D eigenvalue weighted by Crippen LogP contribution is -2.76. The van der Waals surface area contributed by atoms with E-state index in [-0.39, 0.29) is 35.0 Å². The molecular weight excluding hydrogens is 522 g/mol. The van der Waals surface area contributed by atoms with E-state index in [4.69, 9.17) is 4.74 Å². The van der Waals surface area contributed by atoms with Crippen LogP contribution in [0.1, 0.15) is 89.2 Å². The Hall–Kier alpha value is -2.39. The van der Waals surface area contributed by atoms with E-state index in [0.29, 0.717) is 37.4 Å². The molecule has 1 aromatic heterocycles. The third-order valence-electron chi connectivity index (χ3n) is 10.2. The average Bonchev–Trinajstić information content (AvgIpc) is 3.29. The van der Waals surface area contributed by atoms with E-state index < -0.39 is 5.60 Å². The van der Waals surface area contributed by atoms with Crippen molar-refractivity contribution in [1.82, 2.24) is 24.0 Å². The number of likely N-dealkylation sites (tertiary alicyclic amines) is 1. The second-order valence-corrected chi connectivity index (χ2v) is 14.7. The molecule has 1 spiro atoms. The Kier molecular flexibility index (Phi) is 7.18. The summed E-state index contributed by atoms with van der Waals surface area (Å²) in [5.41, 5.74) is 1.70. The maximum absolute atomic E-state index is 13.8. The molecule has 0 aromatic carbocycles. The van der Waals surface area contributed by atoms with Crippen molar-refractivity contribution < 1.29 is 14.3 Å². The molecule has 3 aliphatic heterocycles. The summed E-state index contributed by atoms with van der Waals surface area (Å²) in [6, 6.07) is 0.315. The Balaban J connectivity index is 1.32. The standard InChI is InChI=1S/C31H47N5O3S/c1-11-34(28(38)39-29(7,8)9)24-17-36(30(24,10)19(2)3)21(5)12-13-23-22(6)40-32-25(23)27(37)35-18-33-15-14-31(33)16-20(4)26(31)35/h12-13,19-20,24,26H,5,11,14-18H2,1-4,6-10H3/b13-12-. The predicted molar refractivity (Wildman–Crippen MR) is 160 cm³/mol. The second-order valence-electron chi connectivity index (χ2n) is 13.8. The quantitative estimate of drug-likeness (QED) is 0.398. The third kappa shape index (κ3) is 4.30. The lowest BCUT2D eigenvalue weighted by molar-refractivity contribution is -0.0979. The van der Waals surface area contributed by atoms with E-state index >= 15 is 0 Å². The minimum Gasteiger partial charge on any atom is -0.444 e. The molecule has 1 aliphatic carbocycles. The van der Waals surface area contributed by atoms with E-state index in [2.05, 4.69) is 53.3 Å². The number of nitrogens with zero attached hydrogens (tertiary/aromatic N) is 5. The van der Waals surface area contributed by atoms with Gasteiger partial charge in [-0.25, -0.2) is 4.79 Å². The smallest absolute Gasteiger partial charge is 0.410 e. The van der Waals surface area contributed by atoms with E-state index in [0.717, 1.165) is 22.7 Å². The molecular formula is C31H47N5O3S. The van der Waals surface area contributed by atoms with E-state index in [1.807, 2.05) is 51.7 Å². The molecule has 5 rings (SSSR count). The molecule has 5 unspecified atom stereocenters. The van der Waals surface area contributed by atoms with Gasteiger partial charge in [-0.1, -0.05) is 27.4 Å². The zero-order valence-electron chi connectivity index (χ0n) is 25.8. The van der Waals surface area contributed by atoms with Gasteiger partial charge in [0.2, 0.25) is 0 Å². The number of carbonyl (C=O) groups excluding carboxylic acids is 2. The van der Waals surface area contributed by atoms with Crippen molar-refractivity contribution in [2.45, 2.75) is 104 Å². The van der Waals surface area contributed by atoms with Gasteiger partial charge >= 0.3 is 6.09 Å². The number of allylic oxidation sites excluding steroid dienone is 1. The van der Waals surface area contributed by atoms with Crippen LogP contribution >= 0.6 is 11.5 Å². The molecule has 9 heteroatoms. The van der Waals surface area contributed by atoms with E-state index in [9.17, 15) is 9.59 Å². The molecule has 4 heterocycles. The molecule has 8 nitrogen and oxygen atoms in total. The average molecular weight is 570 g/mol. The first-order chi connectivity index (χ1) is 18.7. The van der Waals surface area contributed by atoms with Crippen LogP contribution in [-0.2, 0) is 4.74 Å². The number of carbonyl (C=O) groups is 2. The molecule has 0 radical (unpaired) electrons. The maximum Gasteiger partial charge on any atom is 0.410 e. The van der Waals surface area contributed by atoms with Gasteiger partial charge in [0.15, 0.2) is 0 Å². The second kappa shape index (κ2) is 9.86. The summed E-state index contributed by atoms with van der Waals surface area (Å²) >= 11 is 1.39. The first kappa shape index (κ1) is 29.1. The number of rotatable bonds is 7. The monoisotopic (exact) mass is 569 g/mol. The fourth-order valence-electron chi connectivity index (χ4n) is 7.65. The summed E-state index contributed by atoms with van der Waals surface area (Å²) in [5, 5.41) is 0. The Bertz CT molecular complexity index is 1230. The van der Waals surface area contributed by atoms with Gasteiger partial charge in [-0.15, -0.1) is 0 Å². The molecule has 2 amide bonds. The Morgan fingerprint density at radius 1 is 1.32 bits per heavy atom. The highest BCUT2D eigenvalue weighted by Gasteiger charge is 2.67. The van der Waals surface area contributed by atoms with Gasteiger partial charge in [-0.05, 0) is 89.9 Å². The van der Waals surface area contributed by atoms with Gasteiger partial charge in [0, 0.05) is 41.3 Å². The largest absolute Gasteiger partial charge is 0.444 e. The number of aryl methyl sites for hydroxylation is 1. The molecule has 0 bridgehead atoms. The highest BCUT2D eigenvalue weighted by atomic mass is 32.1. The van der Waals surface area contributed by atoms with Crippen LogP contribution in [0.15, 0.2) is 18.4 Å². The van der Waals surface area contributed by atoms with Crippen LogP contribution in [0.5, 0.6) is 0 Å². The summed E-state index contributed by atoms with van der Waals surface area (Å²) < 4.78 is 10.4. The topological polar surface area (TPSA) is 69.2 Å². The van der Waals surface area contributed by atoms with Crippen molar-refractivity contribution in [2.24, 2.45) is 11.8 Å². The minimum atomic E-state index is -0.542. The summed E-state index contributed by atoms with van der Waals surface area (Å²) in [6.45, 7) is 26.1. The van der Waals surface area contributed by atoms with Gasteiger partial charge in [-0.2, -0.15) is 4.37 Å². The predicted octanol–water partition coefficient (Wildman–Crippen LogP) is 5.60. The number of aromatic nitrogens is 1. The van der Waals surface area contributed by atoms with Crippen molar-refractivity contribution >= 4 is 29.6 Å². The van der Waals surface area contributed by atoms with Crippen LogP contribution in [0.4, 0.5) is 4.79 Å². The lowest BCUT2D eigenvalue weighted by atomic mass is 9.59. The van der Waals surface area contributed by atoms with Crippen LogP contribution in [0.3, 0.4) is 0 Å². The Morgan fingerprint density at radius 2 is 2.02 bits per heavy atom. The molecule has 4 fully saturated rings. The van der Waals surface area contributed by atoms with Gasteiger partial charge in [0.1, 0.15) is 11.3 Å². The normalized spacial score (nSPS) is 31.4. The summed E-state index contributed by atoms with van der Waals surface area (Å²) in [7, 11) is 0. The van der Waals surface area contributed by atoms with E-state index in [1.54, 1.807) is 0 Å². The number of amides is 2. The molecule has 0 N–H and O–H groups in total. The van der Waals surface area contributed by atoms with Gasteiger partial charge in [0.05, 0.1) is 24.3 Å². The Morgan fingerprint density at radius 3 is 2.58 bits per heavy atom. The first-order valence-electron chi connectivity index (χ1n) is 14.8. The molecule has 220 valence electrons. The third-order valence-corrected chi connectivity index (χ3v) is 10.9. The minimum absolute atomic E-state index is 0.0107. The highest BCUT2D eigenvalue weighted by molar-refractivity contribution is 7.06. The van der Waals surface area contributed by atoms with Crippen LogP contribution in [0, 0.1) is 18.8 Å². The van der Waals surface area contributed by atoms with Crippen LogP contribution in [0.25, 0.3) is 6.08 Å². The van der Waals surface area contributed by atoms with Crippen molar-refractivity contribution in [1.29, 1.82) is 0 Å². The highest BCUT2D eigenvalue weighted by Crippen LogP contribution is 2.57. The number of hydrogen-bond acceptors (Lipinski definition) is 7. The summed E-state index contributed by atoms with van der Waals surface area (Å²) in [5.74, 6) is 0.850. The van der Waals surface area contributed by atoms with Gasteiger partial charge in [0.25, 0.3) is 5.91 Å². The molecule has 1 saturated carbocycles.